The molecule has 2 aromatic carbocycles. The van der Waals surface area contributed by atoms with Crippen molar-refractivity contribution in [3.05, 3.63) is 59.8 Å². The molecule has 3 rings (SSSR count). The van der Waals surface area contributed by atoms with Gasteiger partial charge in [-0.05, 0) is 36.6 Å². The van der Waals surface area contributed by atoms with Crippen molar-refractivity contribution in [2.75, 3.05) is 19.0 Å². The van der Waals surface area contributed by atoms with Crippen LogP contribution in [0.2, 0.25) is 0 Å². The van der Waals surface area contributed by atoms with Crippen molar-refractivity contribution >= 4 is 46.5 Å². The molecule has 0 spiro atoms. The molecule has 0 aliphatic carbocycles. The SMILES string of the molecule is COc1ccccc1NC(N)=NCCc1c[nH]c2c(C)cccc12.I. The van der Waals surface area contributed by atoms with E-state index in [1.807, 2.05) is 24.3 Å². The Morgan fingerprint density at radius 1 is 1.20 bits per heavy atom. The number of benzene rings is 2. The Labute approximate surface area is 164 Å². The first-order chi connectivity index (χ1) is 11.7. The number of halogens is 1. The van der Waals surface area contributed by atoms with Crippen LogP contribution in [0.25, 0.3) is 10.9 Å². The number of methoxy groups -OCH3 is 1. The van der Waals surface area contributed by atoms with Gasteiger partial charge in [0.25, 0.3) is 0 Å². The van der Waals surface area contributed by atoms with Gasteiger partial charge < -0.3 is 20.8 Å². The van der Waals surface area contributed by atoms with E-state index >= 15 is 0 Å². The molecular formula is C19H23IN4O. The predicted octanol–water partition coefficient (Wildman–Crippen LogP) is 4.07. The minimum Gasteiger partial charge on any atom is -0.495 e. The van der Waals surface area contributed by atoms with Gasteiger partial charge in [-0.2, -0.15) is 0 Å². The van der Waals surface area contributed by atoms with Gasteiger partial charge in [0.2, 0.25) is 0 Å². The summed E-state index contributed by atoms with van der Waals surface area (Å²) in [6.45, 7) is 2.73. The molecule has 6 heteroatoms. The minimum absolute atomic E-state index is 0. The monoisotopic (exact) mass is 450 g/mol. The van der Waals surface area contributed by atoms with Crippen molar-refractivity contribution in [1.29, 1.82) is 0 Å². The lowest BCUT2D eigenvalue weighted by Crippen LogP contribution is -2.23. The lowest BCUT2D eigenvalue weighted by Gasteiger charge is -2.10. The first kappa shape index (κ1) is 19.1. The van der Waals surface area contributed by atoms with Gasteiger partial charge in [-0.3, -0.25) is 4.99 Å². The van der Waals surface area contributed by atoms with Gasteiger partial charge in [-0.25, -0.2) is 0 Å². The molecule has 5 nitrogen and oxygen atoms in total. The highest BCUT2D eigenvalue weighted by atomic mass is 127. The molecule has 1 aromatic heterocycles. The summed E-state index contributed by atoms with van der Waals surface area (Å²) in [6.07, 6.45) is 2.88. The molecule has 0 saturated carbocycles. The second-order valence-corrected chi connectivity index (χ2v) is 5.65. The average molecular weight is 450 g/mol. The molecule has 25 heavy (non-hydrogen) atoms. The molecule has 0 radical (unpaired) electrons. The van der Waals surface area contributed by atoms with Crippen LogP contribution in [0.5, 0.6) is 5.75 Å². The summed E-state index contributed by atoms with van der Waals surface area (Å²) < 4.78 is 5.29. The largest absolute Gasteiger partial charge is 0.495 e. The van der Waals surface area contributed by atoms with E-state index in [1.54, 1.807) is 7.11 Å². The van der Waals surface area contributed by atoms with Gasteiger partial charge in [-0.1, -0.05) is 30.3 Å². The maximum atomic E-state index is 5.98. The minimum atomic E-state index is 0. The summed E-state index contributed by atoms with van der Waals surface area (Å²) in [5.41, 5.74) is 10.5. The number of aromatic nitrogens is 1. The van der Waals surface area contributed by atoms with Crippen LogP contribution in [-0.4, -0.2) is 24.6 Å². The van der Waals surface area contributed by atoms with E-state index in [0.29, 0.717) is 12.5 Å². The zero-order valence-corrected chi connectivity index (χ0v) is 16.7. The quantitative estimate of drug-likeness (QED) is 0.312. The number of aromatic amines is 1. The molecule has 0 amide bonds. The summed E-state index contributed by atoms with van der Waals surface area (Å²) >= 11 is 0. The van der Waals surface area contributed by atoms with E-state index in [9.17, 15) is 0 Å². The number of H-pyrrole nitrogens is 1. The number of nitrogens with one attached hydrogen (secondary N) is 2. The molecule has 0 atom stereocenters. The van der Waals surface area contributed by atoms with Crippen molar-refractivity contribution in [2.24, 2.45) is 10.7 Å². The summed E-state index contributed by atoms with van der Waals surface area (Å²) in [5, 5.41) is 4.33. The lowest BCUT2D eigenvalue weighted by atomic mass is 10.1. The Hall–Kier alpha value is -2.22. The Morgan fingerprint density at radius 2 is 2.00 bits per heavy atom. The van der Waals surface area contributed by atoms with E-state index < -0.39 is 0 Å². The molecule has 0 bridgehead atoms. The molecule has 0 aliphatic rings. The van der Waals surface area contributed by atoms with Crippen LogP contribution in [0.4, 0.5) is 5.69 Å². The van der Waals surface area contributed by atoms with Gasteiger partial charge in [0.05, 0.1) is 12.8 Å². The highest BCUT2D eigenvalue weighted by molar-refractivity contribution is 14.0. The van der Waals surface area contributed by atoms with Crippen LogP contribution in [-0.2, 0) is 6.42 Å². The Morgan fingerprint density at radius 3 is 2.80 bits per heavy atom. The number of hydrogen-bond donors (Lipinski definition) is 3. The molecule has 0 aliphatic heterocycles. The summed E-state index contributed by atoms with van der Waals surface area (Å²) in [6, 6.07) is 13.9. The Bertz CT molecular complexity index is 873. The molecule has 3 aromatic rings. The fraction of sp³-hybridized carbons (Fsp3) is 0.211. The van der Waals surface area contributed by atoms with Crippen LogP contribution in [0, 0.1) is 6.92 Å². The average Bonchev–Trinajstić information content (AvgIpc) is 3.00. The second kappa shape index (κ2) is 8.75. The molecule has 1 heterocycles. The van der Waals surface area contributed by atoms with Crippen molar-refractivity contribution < 1.29 is 4.74 Å². The highest BCUT2D eigenvalue weighted by Crippen LogP contribution is 2.23. The second-order valence-electron chi connectivity index (χ2n) is 5.65. The fourth-order valence-corrected chi connectivity index (χ4v) is 2.79. The molecule has 0 fully saturated rings. The van der Waals surface area contributed by atoms with Crippen molar-refractivity contribution in [1.82, 2.24) is 4.98 Å². The van der Waals surface area contributed by atoms with Gasteiger partial charge in [0.15, 0.2) is 5.96 Å². The van der Waals surface area contributed by atoms with Gasteiger partial charge >= 0.3 is 0 Å². The van der Waals surface area contributed by atoms with E-state index in [-0.39, 0.29) is 24.0 Å². The van der Waals surface area contributed by atoms with E-state index in [0.717, 1.165) is 17.9 Å². The zero-order chi connectivity index (χ0) is 16.9. The number of nitrogens with zero attached hydrogens (tertiary/aromatic N) is 1. The number of ether oxygens (including phenoxy) is 1. The van der Waals surface area contributed by atoms with Crippen molar-refractivity contribution in [3.8, 4) is 5.75 Å². The Balaban J connectivity index is 0.00000225. The molecular weight excluding hydrogens is 427 g/mol. The number of rotatable bonds is 5. The number of guanidine groups is 1. The highest BCUT2D eigenvalue weighted by Gasteiger charge is 2.05. The third kappa shape index (κ3) is 4.45. The van der Waals surface area contributed by atoms with E-state index in [2.05, 4.69) is 46.6 Å². The van der Waals surface area contributed by atoms with Crippen LogP contribution in [0.15, 0.2) is 53.7 Å². The number of aryl methyl sites for hydroxylation is 1. The van der Waals surface area contributed by atoms with Crippen molar-refractivity contribution in [2.45, 2.75) is 13.3 Å². The Kier molecular flexibility index (Phi) is 6.69. The maximum absolute atomic E-state index is 5.98. The van der Waals surface area contributed by atoms with Crippen LogP contribution < -0.4 is 15.8 Å². The van der Waals surface area contributed by atoms with Gasteiger partial charge in [0, 0.05) is 23.6 Å². The maximum Gasteiger partial charge on any atom is 0.193 e. The standard InChI is InChI=1S/C19H22N4O.HI/c1-13-6-5-7-15-14(12-22-18(13)15)10-11-21-19(20)23-16-8-3-4-9-17(16)24-2;/h3-9,12,22H,10-11H2,1-2H3,(H3,20,21,23);1H. The smallest absolute Gasteiger partial charge is 0.193 e. The zero-order valence-electron chi connectivity index (χ0n) is 14.4. The number of hydrogen-bond acceptors (Lipinski definition) is 2. The third-order valence-corrected chi connectivity index (χ3v) is 4.04. The van der Waals surface area contributed by atoms with Gasteiger partial charge in [-0.15, -0.1) is 24.0 Å². The number of aliphatic imine (C=N–C) groups is 1. The number of anilines is 1. The summed E-state index contributed by atoms with van der Waals surface area (Å²) in [5.74, 6) is 1.12. The molecule has 0 unspecified atom stereocenters. The molecule has 132 valence electrons. The van der Waals surface area contributed by atoms with Crippen molar-refractivity contribution in [3.63, 3.8) is 0 Å². The molecule has 4 N–H and O–H groups in total. The topological polar surface area (TPSA) is 75.4 Å². The molecule has 0 saturated heterocycles. The fourth-order valence-electron chi connectivity index (χ4n) is 2.79. The van der Waals surface area contributed by atoms with Crippen LogP contribution in [0.3, 0.4) is 0 Å². The lowest BCUT2D eigenvalue weighted by molar-refractivity contribution is 0.417. The van der Waals surface area contributed by atoms with E-state index in [1.165, 1.54) is 22.0 Å². The van der Waals surface area contributed by atoms with Crippen LogP contribution >= 0.6 is 24.0 Å². The van der Waals surface area contributed by atoms with Gasteiger partial charge in [0.1, 0.15) is 5.75 Å². The summed E-state index contributed by atoms with van der Waals surface area (Å²) in [7, 11) is 1.63. The first-order valence-electron chi connectivity index (χ1n) is 7.94. The summed E-state index contributed by atoms with van der Waals surface area (Å²) in [4.78, 5) is 7.75. The normalized spacial score (nSPS) is 11.2. The van der Waals surface area contributed by atoms with Crippen LogP contribution in [0.1, 0.15) is 11.1 Å². The number of fused-ring (bicyclic) bond motifs is 1. The number of nitrogens with two attached hydrogens (primary N) is 1. The van der Waals surface area contributed by atoms with E-state index in [4.69, 9.17) is 10.5 Å². The third-order valence-electron chi connectivity index (χ3n) is 4.04. The predicted molar refractivity (Wildman–Crippen MR) is 115 cm³/mol. The first-order valence-corrected chi connectivity index (χ1v) is 7.94. The number of para-hydroxylation sites is 3.